The minimum atomic E-state index is -4.00. The largest absolute Gasteiger partial charge is 0.497 e. The van der Waals surface area contributed by atoms with Gasteiger partial charge in [0.2, 0.25) is 0 Å². The SMILES string of the molecule is COc1cc(Nc2ccc(S(=O)(=O)Nc3ccccc3)cc2[N+](=O)[O-])cc(OC)c1. The second-order valence-corrected chi connectivity index (χ2v) is 7.82. The molecular weight excluding hydrogens is 410 g/mol. The Kier molecular flexibility index (Phi) is 6.07. The number of nitrogens with zero attached hydrogens (tertiary/aromatic N) is 1. The van der Waals surface area contributed by atoms with Gasteiger partial charge in [0.25, 0.3) is 15.7 Å². The summed E-state index contributed by atoms with van der Waals surface area (Å²) < 4.78 is 38.0. The van der Waals surface area contributed by atoms with Gasteiger partial charge in [0.05, 0.1) is 24.0 Å². The van der Waals surface area contributed by atoms with Crippen LogP contribution in [0, 0.1) is 10.1 Å². The molecule has 0 aromatic heterocycles. The van der Waals surface area contributed by atoms with Crippen LogP contribution in [0.5, 0.6) is 11.5 Å². The molecule has 10 heteroatoms. The lowest BCUT2D eigenvalue weighted by Crippen LogP contribution is -2.13. The van der Waals surface area contributed by atoms with Gasteiger partial charge in [-0.25, -0.2) is 8.42 Å². The summed E-state index contributed by atoms with van der Waals surface area (Å²) in [5.41, 5.74) is 0.555. The molecule has 0 aliphatic carbocycles. The molecule has 0 aliphatic heterocycles. The molecule has 0 bridgehead atoms. The van der Waals surface area contributed by atoms with Gasteiger partial charge in [-0.15, -0.1) is 0 Å². The first-order chi connectivity index (χ1) is 14.3. The number of hydrogen-bond acceptors (Lipinski definition) is 7. The molecule has 0 amide bonds. The standard InChI is InChI=1S/C20H19N3O6S/c1-28-16-10-15(11-17(12-16)29-2)21-19-9-8-18(13-20(19)23(24)25)30(26,27)22-14-6-4-3-5-7-14/h3-13,21-22H,1-2H3. The first-order valence-corrected chi connectivity index (χ1v) is 10.2. The Morgan fingerprint density at radius 1 is 0.867 bits per heavy atom. The fourth-order valence-corrected chi connectivity index (χ4v) is 3.77. The van der Waals surface area contributed by atoms with Gasteiger partial charge in [-0.2, -0.15) is 0 Å². The Bertz CT molecular complexity index is 1140. The van der Waals surface area contributed by atoms with Crippen molar-refractivity contribution in [2.45, 2.75) is 4.90 Å². The quantitative estimate of drug-likeness (QED) is 0.407. The van der Waals surface area contributed by atoms with Gasteiger partial charge < -0.3 is 14.8 Å². The molecule has 0 saturated carbocycles. The zero-order valence-corrected chi connectivity index (χ0v) is 17.0. The normalized spacial score (nSPS) is 10.9. The summed E-state index contributed by atoms with van der Waals surface area (Å²) in [5.74, 6) is 0.983. The van der Waals surface area contributed by atoms with Crippen molar-refractivity contribution >= 4 is 32.8 Å². The second-order valence-electron chi connectivity index (χ2n) is 6.13. The number of methoxy groups -OCH3 is 2. The van der Waals surface area contributed by atoms with Crippen molar-refractivity contribution in [1.29, 1.82) is 0 Å². The van der Waals surface area contributed by atoms with Crippen LogP contribution in [0.15, 0.2) is 71.6 Å². The van der Waals surface area contributed by atoms with E-state index in [-0.39, 0.29) is 10.6 Å². The number of anilines is 3. The minimum Gasteiger partial charge on any atom is -0.497 e. The lowest BCUT2D eigenvalue weighted by Gasteiger charge is -2.12. The van der Waals surface area contributed by atoms with Crippen LogP contribution in [0.4, 0.5) is 22.7 Å². The molecule has 9 nitrogen and oxygen atoms in total. The molecule has 3 rings (SSSR count). The zero-order chi connectivity index (χ0) is 21.7. The average Bonchev–Trinajstić information content (AvgIpc) is 2.73. The van der Waals surface area contributed by atoms with Crippen LogP contribution in [-0.4, -0.2) is 27.6 Å². The molecule has 0 aliphatic rings. The fraction of sp³-hybridized carbons (Fsp3) is 0.100. The summed E-state index contributed by atoms with van der Waals surface area (Å²) in [6.45, 7) is 0. The van der Waals surface area contributed by atoms with E-state index in [1.54, 1.807) is 48.5 Å². The third-order valence-corrected chi connectivity index (χ3v) is 5.51. The van der Waals surface area contributed by atoms with Crippen molar-refractivity contribution in [3.05, 3.63) is 76.8 Å². The highest BCUT2D eigenvalue weighted by atomic mass is 32.2. The number of nitro groups is 1. The van der Waals surface area contributed by atoms with Crippen LogP contribution >= 0.6 is 0 Å². The van der Waals surface area contributed by atoms with Crippen molar-refractivity contribution in [1.82, 2.24) is 0 Å². The summed E-state index contributed by atoms with van der Waals surface area (Å²) in [5, 5.41) is 14.5. The number of ether oxygens (including phenoxy) is 2. The molecule has 3 aromatic rings. The van der Waals surface area contributed by atoms with Crippen LogP contribution in [0.3, 0.4) is 0 Å². The molecular formula is C20H19N3O6S. The third-order valence-electron chi connectivity index (χ3n) is 4.13. The van der Waals surface area contributed by atoms with E-state index < -0.39 is 20.6 Å². The molecule has 0 fully saturated rings. The van der Waals surface area contributed by atoms with Gasteiger partial charge in [-0.05, 0) is 24.3 Å². The van der Waals surface area contributed by atoms with Crippen LogP contribution in [-0.2, 0) is 10.0 Å². The highest BCUT2D eigenvalue weighted by Crippen LogP contribution is 2.33. The summed E-state index contributed by atoms with van der Waals surface area (Å²) in [6.07, 6.45) is 0. The fourth-order valence-electron chi connectivity index (χ4n) is 2.69. The number of hydrogen-bond donors (Lipinski definition) is 2. The van der Waals surface area contributed by atoms with Gasteiger partial charge in [0, 0.05) is 35.6 Å². The van der Waals surface area contributed by atoms with E-state index in [2.05, 4.69) is 10.0 Å². The van der Waals surface area contributed by atoms with E-state index in [4.69, 9.17) is 9.47 Å². The molecule has 2 N–H and O–H groups in total. The highest BCUT2D eigenvalue weighted by molar-refractivity contribution is 7.92. The van der Waals surface area contributed by atoms with Crippen molar-refractivity contribution in [3.8, 4) is 11.5 Å². The first-order valence-electron chi connectivity index (χ1n) is 8.69. The zero-order valence-electron chi connectivity index (χ0n) is 16.2. The van der Waals surface area contributed by atoms with E-state index >= 15 is 0 Å². The first kappa shape index (κ1) is 20.9. The third kappa shape index (κ3) is 4.78. The van der Waals surface area contributed by atoms with Gasteiger partial charge >= 0.3 is 0 Å². The number of benzene rings is 3. The van der Waals surface area contributed by atoms with E-state index in [1.807, 2.05) is 0 Å². The summed E-state index contributed by atoms with van der Waals surface area (Å²) in [6, 6.07) is 16.8. The number of sulfonamides is 1. The monoisotopic (exact) mass is 429 g/mol. The molecule has 0 atom stereocenters. The van der Waals surface area contributed by atoms with Gasteiger partial charge in [-0.1, -0.05) is 18.2 Å². The maximum atomic E-state index is 12.6. The van der Waals surface area contributed by atoms with Crippen molar-refractivity contribution < 1.29 is 22.8 Å². The summed E-state index contributed by atoms with van der Waals surface area (Å²) >= 11 is 0. The molecule has 0 radical (unpaired) electrons. The maximum absolute atomic E-state index is 12.6. The summed E-state index contributed by atoms with van der Waals surface area (Å²) in [4.78, 5) is 10.7. The Morgan fingerprint density at radius 3 is 2.07 bits per heavy atom. The molecule has 0 heterocycles. The van der Waals surface area contributed by atoms with Crippen LogP contribution in [0.25, 0.3) is 0 Å². The molecule has 0 unspecified atom stereocenters. The number of para-hydroxylation sites is 1. The Balaban J connectivity index is 1.95. The van der Waals surface area contributed by atoms with Crippen LogP contribution in [0.2, 0.25) is 0 Å². The Morgan fingerprint density at radius 2 is 1.50 bits per heavy atom. The van der Waals surface area contributed by atoms with E-state index in [0.29, 0.717) is 22.9 Å². The molecule has 3 aromatic carbocycles. The van der Waals surface area contributed by atoms with Gasteiger partial charge in [0.15, 0.2) is 0 Å². The van der Waals surface area contributed by atoms with E-state index in [9.17, 15) is 18.5 Å². The number of rotatable bonds is 8. The van der Waals surface area contributed by atoms with Gasteiger partial charge in [-0.3, -0.25) is 14.8 Å². The highest BCUT2D eigenvalue weighted by Gasteiger charge is 2.22. The molecule has 0 saturated heterocycles. The van der Waals surface area contributed by atoms with Crippen LogP contribution in [0.1, 0.15) is 0 Å². The van der Waals surface area contributed by atoms with Crippen molar-refractivity contribution in [3.63, 3.8) is 0 Å². The summed E-state index contributed by atoms with van der Waals surface area (Å²) in [7, 11) is -1.03. The van der Waals surface area contributed by atoms with Gasteiger partial charge in [0.1, 0.15) is 17.2 Å². The Labute approximate surface area is 173 Å². The van der Waals surface area contributed by atoms with Crippen LogP contribution < -0.4 is 19.5 Å². The smallest absolute Gasteiger partial charge is 0.294 e. The topological polar surface area (TPSA) is 120 Å². The predicted octanol–water partition coefficient (Wildman–Crippen LogP) is 4.16. The average molecular weight is 429 g/mol. The lowest BCUT2D eigenvalue weighted by atomic mass is 10.2. The minimum absolute atomic E-state index is 0.119. The van der Waals surface area contributed by atoms with E-state index in [1.165, 1.54) is 26.4 Å². The predicted molar refractivity (Wildman–Crippen MR) is 113 cm³/mol. The number of nitro benzene ring substituents is 1. The second kappa shape index (κ2) is 8.70. The van der Waals surface area contributed by atoms with E-state index in [0.717, 1.165) is 6.07 Å². The Hall–Kier alpha value is -3.79. The number of nitrogens with one attached hydrogen (secondary N) is 2. The molecule has 156 valence electrons. The lowest BCUT2D eigenvalue weighted by molar-refractivity contribution is -0.384. The molecule has 0 spiro atoms. The maximum Gasteiger partial charge on any atom is 0.294 e. The molecule has 30 heavy (non-hydrogen) atoms. The van der Waals surface area contributed by atoms with Crippen molar-refractivity contribution in [2.24, 2.45) is 0 Å². The van der Waals surface area contributed by atoms with Crippen molar-refractivity contribution in [2.75, 3.05) is 24.3 Å².